The van der Waals surface area contributed by atoms with Crippen molar-refractivity contribution < 1.29 is 9.21 Å². The first-order valence-corrected chi connectivity index (χ1v) is 14.0. The molecule has 2 atom stereocenters. The molecule has 2 aliphatic heterocycles. The van der Waals surface area contributed by atoms with Crippen molar-refractivity contribution in [1.29, 1.82) is 0 Å². The Labute approximate surface area is 228 Å². The van der Waals surface area contributed by atoms with E-state index in [0.29, 0.717) is 13.0 Å². The van der Waals surface area contributed by atoms with E-state index < -0.39 is 0 Å². The Bertz CT molecular complexity index is 1390. The Kier molecular flexibility index (Phi) is 7.63. The van der Waals surface area contributed by atoms with Gasteiger partial charge < -0.3 is 24.9 Å². The number of piperidine rings is 1. The molecule has 4 N–H and O–H groups in total. The van der Waals surface area contributed by atoms with E-state index in [9.17, 15) is 4.79 Å². The molecule has 2 aromatic heterocycles. The summed E-state index contributed by atoms with van der Waals surface area (Å²) in [6.07, 6.45) is 7.90. The maximum atomic E-state index is 13.5. The van der Waals surface area contributed by atoms with Gasteiger partial charge in [-0.3, -0.25) is 10.2 Å². The van der Waals surface area contributed by atoms with Crippen LogP contribution in [0.1, 0.15) is 36.1 Å². The molecule has 39 heavy (non-hydrogen) atoms. The average Bonchev–Trinajstić information content (AvgIpc) is 3.74. The number of hydrazone groups is 1. The van der Waals surface area contributed by atoms with Crippen LogP contribution < -0.4 is 16.1 Å². The number of amidine groups is 1. The predicted octanol–water partition coefficient (Wildman–Crippen LogP) is 4.17. The number of aromatic amines is 1. The number of benzene rings is 2. The molecular weight excluding hydrogens is 488 g/mol. The molecule has 8 nitrogen and oxygen atoms in total. The first kappa shape index (κ1) is 25.2. The van der Waals surface area contributed by atoms with Crippen molar-refractivity contribution in [2.45, 2.75) is 50.9 Å². The molecule has 1 unspecified atom stereocenters. The highest BCUT2D eigenvalue weighted by Crippen LogP contribution is 2.24. The molecule has 6 rings (SSSR count). The minimum atomic E-state index is -0.282. The van der Waals surface area contributed by atoms with Crippen LogP contribution in [0.3, 0.4) is 0 Å². The summed E-state index contributed by atoms with van der Waals surface area (Å²) in [5.41, 5.74) is 6.94. The molecule has 0 aliphatic carbocycles. The molecule has 4 heterocycles. The molecule has 0 saturated carbocycles. The number of carbonyl (C=O) groups is 1. The molecule has 202 valence electrons. The molecule has 1 saturated heterocycles. The molecule has 4 aromatic rings. The van der Waals surface area contributed by atoms with Gasteiger partial charge in [0.2, 0.25) is 5.91 Å². The number of aryl methyl sites for hydroxylation is 1. The van der Waals surface area contributed by atoms with E-state index >= 15 is 0 Å². The zero-order valence-corrected chi connectivity index (χ0v) is 22.1. The van der Waals surface area contributed by atoms with Crippen molar-refractivity contribution in [3.8, 4) is 0 Å². The number of fused-ring (bicyclic) bond motifs is 1. The molecular formula is C31H36N6O2. The van der Waals surface area contributed by atoms with Crippen molar-refractivity contribution in [2.24, 2.45) is 11.0 Å². The van der Waals surface area contributed by atoms with Gasteiger partial charge in [0.1, 0.15) is 17.8 Å². The Balaban J connectivity index is 1.27. The number of amides is 1. The van der Waals surface area contributed by atoms with E-state index in [2.05, 4.69) is 74.6 Å². The molecule has 0 radical (unpaired) electrons. The Morgan fingerprint density at radius 2 is 1.87 bits per heavy atom. The molecule has 0 spiro atoms. The van der Waals surface area contributed by atoms with Crippen LogP contribution in [-0.2, 0) is 24.2 Å². The van der Waals surface area contributed by atoms with Crippen LogP contribution in [0.25, 0.3) is 10.9 Å². The van der Waals surface area contributed by atoms with Gasteiger partial charge in [-0.05, 0) is 68.1 Å². The zero-order chi connectivity index (χ0) is 26.4. The number of hydrogen-bond acceptors (Lipinski definition) is 6. The number of para-hydroxylation sites is 1. The van der Waals surface area contributed by atoms with Gasteiger partial charge in [-0.2, -0.15) is 5.10 Å². The van der Waals surface area contributed by atoms with Crippen LogP contribution >= 0.6 is 0 Å². The number of hydrogen-bond donors (Lipinski definition) is 4. The Hall–Kier alpha value is -4.04. The van der Waals surface area contributed by atoms with Crippen molar-refractivity contribution in [1.82, 2.24) is 25.9 Å². The van der Waals surface area contributed by atoms with Crippen LogP contribution in [0, 0.1) is 5.92 Å². The molecule has 2 aromatic carbocycles. The van der Waals surface area contributed by atoms with Crippen LogP contribution in [0.4, 0.5) is 0 Å². The van der Waals surface area contributed by atoms with Gasteiger partial charge in [0.25, 0.3) is 0 Å². The highest BCUT2D eigenvalue weighted by molar-refractivity contribution is 5.94. The first-order chi connectivity index (χ1) is 19.2. The van der Waals surface area contributed by atoms with Gasteiger partial charge in [0.15, 0.2) is 0 Å². The number of rotatable bonds is 10. The number of carbonyl (C=O) groups excluding carboxylic acids is 1. The quantitative estimate of drug-likeness (QED) is 0.250. The van der Waals surface area contributed by atoms with Gasteiger partial charge in [-0.1, -0.05) is 48.5 Å². The largest absolute Gasteiger partial charge is 0.467 e. The number of nitrogens with zero attached hydrogens (tertiary/aromatic N) is 2. The van der Waals surface area contributed by atoms with E-state index in [1.54, 1.807) is 6.26 Å². The topological polar surface area (TPSA) is 97.7 Å². The minimum absolute atomic E-state index is 0.00782. The summed E-state index contributed by atoms with van der Waals surface area (Å²) >= 11 is 0. The summed E-state index contributed by atoms with van der Waals surface area (Å²) in [5.74, 6) is 1.83. The molecule has 2 aliphatic rings. The minimum Gasteiger partial charge on any atom is -0.467 e. The van der Waals surface area contributed by atoms with Gasteiger partial charge >= 0.3 is 0 Å². The summed E-state index contributed by atoms with van der Waals surface area (Å²) in [6.45, 7) is 2.33. The van der Waals surface area contributed by atoms with Crippen molar-refractivity contribution in [2.75, 3.05) is 13.1 Å². The monoisotopic (exact) mass is 524 g/mol. The van der Waals surface area contributed by atoms with Gasteiger partial charge in [-0.25, -0.2) is 0 Å². The van der Waals surface area contributed by atoms with Crippen LogP contribution in [-0.4, -0.2) is 46.9 Å². The lowest BCUT2D eigenvalue weighted by Crippen LogP contribution is -2.52. The Morgan fingerprint density at radius 3 is 2.69 bits per heavy atom. The van der Waals surface area contributed by atoms with E-state index in [1.807, 2.05) is 24.3 Å². The lowest BCUT2D eigenvalue weighted by Gasteiger charge is -2.31. The highest BCUT2D eigenvalue weighted by atomic mass is 16.3. The fraction of sp³-hybridized carbons (Fsp3) is 0.355. The summed E-state index contributed by atoms with van der Waals surface area (Å²) in [7, 11) is 0. The fourth-order valence-corrected chi connectivity index (χ4v) is 5.74. The first-order valence-electron chi connectivity index (χ1n) is 14.0. The Morgan fingerprint density at radius 1 is 1.05 bits per heavy atom. The van der Waals surface area contributed by atoms with Crippen LogP contribution in [0.15, 0.2) is 88.7 Å². The second-order valence-electron chi connectivity index (χ2n) is 10.5. The maximum absolute atomic E-state index is 13.5. The third kappa shape index (κ3) is 5.86. The summed E-state index contributed by atoms with van der Waals surface area (Å²) in [6, 6.07) is 22.4. The molecule has 1 amide bonds. The van der Waals surface area contributed by atoms with E-state index in [-0.39, 0.29) is 24.0 Å². The van der Waals surface area contributed by atoms with Crippen LogP contribution in [0.2, 0.25) is 0 Å². The second-order valence-corrected chi connectivity index (χ2v) is 10.5. The fourth-order valence-electron chi connectivity index (χ4n) is 5.74. The molecule has 8 heteroatoms. The third-order valence-corrected chi connectivity index (χ3v) is 7.89. The smallest absolute Gasteiger partial charge is 0.223 e. The van der Waals surface area contributed by atoms with Gasteiger partial charge in [0, 0.05) is 29.4 Å². The van der Waals surface area contributed by atoms with Crippen LogP contribution in [0.5, 0.6) is 0 Å². The molecule has 0 bridgehead atoms. The SMILES string of the molecule is O=C(N[C@H](Cc1c[nH]c2ccccc12)C1=NNC(CCc2ccccc2)N1Cc1ccco1)C1CCNCC1. The van der Waals surface area contributed by atoms with E-state index in [0.717, 1.165) is 61.4 Å². The van der Waals surface area contributed by atoms with Gasteiger partial charge in [0.05, 0.1) is 18.8 Å². The summed E-state index contributed by atoms with van der Waals surface area (Å²) in [5, 5.41) is 12.8. The van der Waals surface area contributed by atoms with E-state index in [4.69, 9.17) is 9.52 Å². The van der Waals surface area contributed by atoms with Gasteiger partial charge in [-0.15, -0.1) is 0 Å². The zero-order valence-electron chi connectivity index (χ0n) is 22.1. The number of nitrogens with one attached hydrogen (secondary N) is 4. The average molecular weight is 525 g/mol. The standard InChI is InChI=1S/C31H36N6O2/c38-31(23-14-16-32-17-15-23)34-28(19-24-20-33-27-11-5-4-10-26(24)27)30-36-35-29(13-12-22-7-2-1-3-8-22)37(30)21-25-9-6-18-39-25/h1-11,18,20,23,28-29,32-33,35H,12-17,19,21H2,(H,34,38)/t28-,29?/m1/s1. The lowest BCUT2D eigenvalue weighted by atomic mass is 9.95. The number of H-pyrrole nitrogens is 1. The summed E-state index contributed by atoms with van der Waals surface area (Å²) in [4.78, 5) is 19.2. The highest BCUT2D eigenvalue weighted by Gasteiger charge is 2.35. The predicted molar refractivity (Wildman–Crippen MR) is 153 cm³/mol. The van der Waals surface area contributed by atoms with Crippen molar-refractivity contribution >= 4 is 22.6 Å². The number of furan rings is 1. The normalized spacial score (nSPS) is 18.6. The van der Waals surface area contributed by atoms with Crippen molar-refractivity contribution in [3.05, 3.63) is 96.1 Å². The van der Waals surface area contributed by atoms with Crippen molar-refractivity contribution in [3.63, 3.8) is 0 Å². The lowest BCUT2D eigenvalue weighted by molar-refractivity contribution is -0.126. The molecule has 1 fully saturated rings. The summed E-state index contributed by atoms with van der Waals surface area (Å²) < 4.78 is 5.75. The third-order valence-electron chi connectivity index (χ3n) is 7.89. The number of aromatic nitrogens is 1. The second kappa shape index (κ2) is 11.8. The van der Waals surface area contributed by atoms with E-state index in [1.165, 1.54) is 10.9 Å². The maximum Gasteiger partial charge on any atom is 0.223 e.